The predicted molar refractivity (Wildman–Crippen MR) is 163 cm³/mol. The number of hydrogen-bond donors (Lipinski definition) is 4. The van der Waals surface area contributed by atoms with Crippen molar-refractivity contribution in [3.8, 4) is 11.5 Å². The summed E-state index contributed by atoms with van der Waals surface area (Å²) in [6.45, 7) is 8.09. The van der Waals surface area contributed by atoms with Crippen LogP contribution in [0.4, 0.5) is 24.5 Å². The quantitative estimate of drug-likeness (QED) is 0.318. The number of ether oxygens (including phenoxy) is 3. The number of nitrogens with two attached hydrogens (primary N) is 1. The zero-order valence-electron chi connectivity index (χ0n) is 24.2. The molecule has 234 valence electrons. The third kappa shape index (κ3) is 8.14. The van der Waals surface area contributed by atoms with E-state index in [9.17, 15) is 18.0 Å². The summed E-state index contributed by atoms with van der Waals surface area (Å²) in [6, 6.07) is 7.68. The van der Waals surface area contributed by atoms with Crippen LogP contribution in [0.25, 0.3) is 0 Å². The van der Waals surface area contributed by atoms with Crippen LogP contribution >= 0.6 is 0 Å². The molecule has 0 bridgehead atoms. The van der Waals surface area contributed by atoms with E-state index in [-0.39, 0.29) is 28.5 Å². The van der Waals surface area contributed by atoms with Crippen molar-refractivity contribution in [2.24, 2.45) is 20.7 Å². The van der Waals surface area contributed by atoms with Gasteiger partial charge in [0.2, 0.25) is 5.96 Å². The minimum Gasteiger partial charge on any atom is -0.496 e. The van der Waals surface area contributed by atoms with E-state index in [2.05, 4.69) is 42.4 Å². The van der Waals surface area contributed by atoms with Gasteiger partial charge in [0.1, 0.15) is 28.7 Å². The Balaban J connectivity index is 1.54. The minimum atomic E-state index is -4.67. The van der Waals surface area contributed by atoms with Gasteiger partial charge < -0.3 is 35.9 Å². The van der Waals surface area contributed by atoms with Gasteiger partial charge in [0.25, 0.3) is 5.91 Å². The fourth-order valence-electron chi connectivity index (χ4n) is 4.36. The number of rotatable bonds is 10. The first-order valence-corrected chi connectivity index (χ1v) is 13.5. The van der Waals surface area contributed by atoms with Crippen molar-refractivity contribution < 1.29 is 32.2 Å². The molecule has 2 heterocycles. The summed E-state index contributed by atoms with van der Waals surface area (Å²) >= 11 is 0. The molecule has 1 amide bonds. The molecule has 1 fully saturated rings. The maximum atomic E-state index is 13.5. The number of guanidine groups is 1. The van der Waals surface area contributed by atoms with Crippen LogP contribution in [-0.4, -0.2) is 82.3 Å². The van der Waals surface area contributed by atoms with Gasteiger partial charge in [0.05, 0.1) is 44.9 Å². The molecule has 2 aromatic carbocycles. The number of carbonyl (C=O) groups excluding carboxylic acids is 1. The summed E-state index contributed by atoms with van der Waals surface area (Å²) in [5, 5.41) is 8.67. The lowest BCUT2D eigenvalue weighted by Gasteiger charge is -2.26. The molecule has 1 saturated heterocycles. The van der Waals surface area contributed by atoms with Crippen LogP contribution in [0.3, 0.4) is 0 Å². The van der Waals surface area contributed by atoms with E-state index in [4.69, 9.17) is 19.9 Å². The largest absolute Gasteiger partial charge is 0.496 e. The van der Waals surface area contributed by atoms with Gasteiger partial charge in [-0.05, 0) is 36.4 Å². The van der Waals surface area contributed by atoms with Gasteiger partial charge >= 0.3 is 6.18 Å². The molecule has 0 aromatic heterocycles. The Kier molecular flexibility index (Phi) is 10.6. The Hall–Kier alpha value is -4.89. The summed E-state index contributed by atoms with van der Waals surface area (Å²) in [5.74, 6) is -0.277. The zero-order chi connectivity index (χ0) is 31.7. The maximum absolute atomic E-state index is 13.5. The second kappa shape index (κ2) is 14.5. The molecule has 44 heavy (non-hydrogen) atoms. The number of hydrogen-bond acceptors (Lipinski definition) is 11. The molecule has 2 aliphatic heterocycles. The van der Waals surface area contributed by atoms with Crippen molar-refractivity contribution in [2.45, 2.75) is 6.18 Å². The van der Waals surface area contributed by atoms with Gasteiger partial charge in [0, 0.05) is 43.6 Å². The molecule has 4 rings (SSSR count). The predicted octanol–water partition coefficient (Wildman–Crippen LogP) is 3.46. The lowest BCUT2D eigenvalue weighted by molar-refractivity contribution is -0.138. The van der Waals surface area contributed by atoms with Crippen molar-refractivity contribution in [1.82, 2.24) is 10.2 Å². The van der Waals surface area contributed by atoms with Gasteiger partial charge in [-0.1, -0.05) is 6.58 Å². The van der Waals surface area contributed by atoms with Crippen LogP contribution in [0.1, 0.15) is 15.9 Å². The number of nitrogens with zero attached hydrogens (tertiary/aromatic N) is 4. The number of morpholine rings is 1. The van der Waals surface area contributed by atoms with Crippen molar-refractivity contribution in [1.29, 1.82) is 0 Å². The van der Waals surface area contributed by atoms with Crippen LogP contribution in [0, 0.1) is 0 Å². The van der Waals surface area contributed by atoms with E-state index in [0.29, 0.717) is 42.9 Å². The van der Waals surface area contributed by atoms with Crippen LogP contribution in [-0.2, 0) is 10.9 Å². The normalized spacial score (nSPS) is 17.5. The maximum Gasteiger partial charge on any atom is 0.420 e. The van der Waals surface area contributed by atoms with E-state index in [0.717, 1.165) is 38.9 Å². The van der Waals surface area contributed by atoms with Crippen LogP contribution in [0.15, 0.2) is 75.7 Å². The first kappa shape index (κ1) is 32.0. The van der Waals surface area contributed by atoms with Gasteiger partial charge in [0.15, 0.2) is 0 Å². The van der Waals surface area contributed by atoms with Crippen LogP contribution in [0.2, 0.25) is 0 Å². The molecule has 2 aliphatic rings. The Bertz CT molecular complexity index is 1500. The second-order valence-electron chi connectivity index (χ2n) is 9.44. The molecule has 15 heteroatoms. The molecule has 12 nitrogen and oxygen atoms in total. The molecule has 0 unspecified atom stereocenters. The summed E-state index contributed by atoms with van der Waals surface area (Å²) < 4.78 is 56.0. The van der Waals surface area contributed by atoms with Crippen molar-refractivity contribution in [3.05, 3.63) is 71.8 Å². The molecule has 0 spiro atoms. The molecule has 5 N–H and O–H groups in total. The molecular weight excluding hydrogens is 581 g/mol. The lowest BCUT2D eigenvalue weighted by atomic mass is 10.1. The number of amides is 1. The topological polar surface area (TPSA) is 147 Å². The molecule has 0 aliphatic carbocycles. The minimum absolute atomic E-state index is 0.0650. The lowest BCUT2D eigenvalue weighted by Crippen LogP contribution is -2.41. The van der Waals surface area contributed by atoms with E-state index < -0.39 is 17.6 Å². The van der Waals surface area contributed by atoms with Gasteiger partial charge in [-0.2, -0.15) is 13.2 Å². The highest BCUT2D eigenvalue weighted by molar-refractivity contribution is 6.41. The highest BCUT2D eigenvalue weighted by Gasteiger charge is 2.34. The summed E-state index contributed by atoms with van der Waals surface area (Å²) in [6.07, 6.45) is -1.84. The highest BCUT2D eigenvalue weighted by atomic mass is 19.4. The number of benzene rings is 2. The SMILES string of the molecule is C=C/N=C1/C=NC(NCCN2CCOCC2)=N/C1=C(/N)Nc1cc(C(=O)Nc2ccc(OC)c(C(F)(F)F)c2)ccc1OC. The third-order valence-corrected chi connectivity index (χ3v) is 6.56. The number of allylic oxidation sites excluding steroid dienone is 1. The fraction of sp³-hybridized carbons (Fsp3) is 0.310. The van der Waals surface area contributed by atoms with Gasteiger partial charge in [-0.25, -0.2) is 9.98 Å². The second-order valence-corrected chi connectivity index (χ2v) is 9.44. The molecule has 0 atom stereocenters. The Labute approximate surface area is 252 Å². The standard InChI is InChI=1S/C29H33F3N8O4/c1-4-34-22-17-36-28(35-9-10-40-11-13-44-14-12-40)39-25(22)26(33)38-21-15-18(5-7-24(21)43-3)27(41)37-19-6-8-23(42-2)20(16-19)29(30,31)32/h4-8,15-17,38H,1,9-14,33H2,2-3H3,(H,35,39)(H,37,41)/b26-25-,34-22-. The Morgan fingerprint density at radius 3 is 2.55 bits per heavy atom. The van der Waals surface area contributed by atoms with Gasteiger partial charge in [-0.15, -0.1) is 0 Å². The monoisotopic (exact) mass is 614 g/mol. The third-order valence-electron chi connectivity index (χ3n) is 6.56. The van der Waals surface area contributed by atoms with Crippen molar-refractivity contribution in [2.75, 3.05) is 64.2 Å². The number of nitrogens with one attached hydrogen (secondary N) is 3. The first-order chi connectivity index (χ1) is 21.1. The van der Waals surface area contributed by atoms with Crippen molar-refractivity contribution in [3.63, 3.8) is 0 Å². The van der Waals surface area contributed by atoms with E-state index in [1.165, 1.54) is 43.8 Å². The Morgan fingerprint density at radius 2 is 1.86 bits per heavy atom. The summed E-state index contributed by atoms with van der Waals surface area (Å²) in [5.41, 5.74) is 6.38. The van der Waals surface area contributed by atoms with E-state index >= 15 is 0 Å². The van der Waals surface area contributed by atoms with Crippen molar-refractivity contribution >= 4 is 35.2 Å². The average Bonchev–Trinajstić information content (AvgIpc) is 3.01. The smallest absolute Gasteiger partial charge is 0.420 e. The number of halogens is 3. The van der Waals surface area contributed by atoms with Crippen LogP contribution < -0.4 is 31.2 Å². The van der Waals surface area contributed by atoms with E-state index in [1.54, 1.807) is 0 Å². The number of alkyl halides is 3. The first-order valence-electron chi connectivity index (χ1n) is 13.5. The van der Waals surface area contributed by atoms with Gasteiger partial charge in [-0.3, -0.25) is 14.7 Å². The molecule has 0 radical (unpaired) electrons. The number of carbonyl (C=O) groups is 1. The van der Waals surface area contributed by atoms with Crippen LogP contribution in [0.5, 0.6) is 11.5 Å². The average molecular weight is 615 g/mol. The summed E-state index contributed by atoms with van der Waals surface area (Å²) in [4.78, 5) is 28.3. The molecule has 2 aromatic rings. The van der Waals surface area contributed by atoms with E-state index in [1.807, 2.05) is 0 Å². The highest BCUT2D eigenvalue weighted by Crippen LogP contribution is 2.38. The molecular formula is C29H33F3N8O4. The molecule has 0 saturated carbocycles. The summed E-state index contributed by atoms with van der Waals surface area (Å²) in [7, 11) is 2.57. The number of methoxy groups -OCH3 is 2. The zero-order valence-corrected chi connectivity index (χ0v) is 24.2. The fourth-order valence-corrected chi connectivity index (χ4v) is 4.36. The number of aliphatic imine (C=N–C) groups is 3. The number of anilines is 2. The Morgan fingerprint density at radius 1 is 1.14 bits per heavy atom.